The lowest BCUT2D eigenvalue weighted by Gasteiger charge is -2.11. The van der Waals surface area contributed by atoms with Crippen molar-refractivity contribution in [3.05, 3.63) is 76.2 Å². The summed E-state index contributed by atoms with van der Waals surface area (Å²) in [7, 11) is 0. The van der Waals surface area contributed by atoms with Gasteiger partial charge in [-0.15, -0.1) is 0 Å². The number of rotatable bonds is 5. The van der Waals surface area contributed by atoms with Crippen molar-refractivity contribution in [2.24, 2.45) is 0 Å². The number of ether oxygens (including phenoxy) is 1. The predicted octanol–water partition coefficient (Wildman–Crippen LogP) is 3.25. The summed E-state index contributed by atoms with van der Waals surface area (Å²) in [6.45, 7) is 4.28. The van der Waals surface area contributed by atoms with Gasteiger partial charge >= 0.3 is 0 Å². The molecule has 2 N–H and O–H groups in total. The molecule has 0 aliphatic rings. The van der Waals surface area contributed by atoms with Gasteiger partial charge in [0.05, 0.1) is 6.10 Å². The molecule has 5 nitrogen and oxygen atoms in total. The van der Waals surface area contributed by atoms with Gasteiger partial charge in [0.2, 0.25) is 0 Å². The van der Waals surface area contributed by atoms with Crippen LogP contribution >= 0.6 is 0 Å². The molecule has 0 unspecified atom stereocenters. The average Bonchev–Trinajstić information content (AvgIpc) is 2.59. The summed E-state index contributed by atoms with van der Waals surface area (Å²) >= 11 is 0. The molecular formula is C20H20N2O3. The standard InChI is InChI=1S/C20H20N2O3/c1-13(2)25-16-8-5-6-14(10-16)12-21-20(24)18-11-15-7-3-4-9-17(15)19(23)22-18/h3-11,13H,12H2,1-2H3,(H,21,24)(H,22,23). The Hall–Kier alpha value is -3.08. The summed E-state index contributed by atoms with van der Waals surface area (Å²) in [5.74, 6) is 0.443. The minimum absolute atomic E-state index is 0.0903. The smallest absolute Gasteiger partial charge is 0.268 e. The molecule has 2 aromatic carbocycles. The van der Waals surface area contributed by atoms with E-state index in [0.29, 0.717) is 11.9 Å². The molecule has 0 aliphatic heterocycles. The summed E-state index contributed by atoms with van der Waals surface area (Å²) in [4.78, 5) is 27.1. The molecular weight excluding hydrogens is 316 g/mol. The molecule has 1 aromatic heterocycles. The molecule has 25 heavy (non-hydrogen) atoms. The first-order valence-electron chi connectivity index (χ1n) is 8.19. The molecule has 3 rings (SSSR count). The number of hydrogen-bond donors (Lipinski definition) is 2. The Balaban J connectivity index is 1.74. The third-order valence-corrected chi connectivity index (χ3v) is 3.72. The van der Waals surface area contributed by atoms with Crippen LogP contribution < -0.4 is 15.6 Å². The zero-order chi connectivity index (χ0) is 17.8. The third-order valence-electron chi connectivity index (χ3n) is 3.72. The van der Waals surface area contributed by atoms with Gasteiger partial charge in [-0.1, -0.05) is 30.3 Å². The molecule has 0 radical (unpaired) electrons. The Labute approximate surface area is 145 Å². The van der Waals surface area contributed by atoms with Crippen LogP contribution in [0.1, 0.15) is 29.9 Å². The number of nitrogens with one attached hydrogen (secondary N) is 2. The maximum Gasteiger partial charge on any atom is 0.268 e. The van der Waals surface area contributed by atoms with E-state index < -0.39 is 0 Å². The number of aromatic amines is 1. The van der Waals surface area contributed by atoms with E-state index in [1.165, 1.54) is 0 Å². The zero-order valence-corrected chi connectivity index (χ0v) is 14.2. The van der Waals surface area contributed by atoms with Gasteiger partial charge < -0.3 is 15.0 Å². The minimum atomic E-state index is -0.321. The van der Waals surface area contributed by atoms with Crippen molar-refractivity contribution < 1.29 is 9.53 Å². The highest BCUT2D eigenvalue weighted by Crippen LogP contribution is 2.15. The second kappa shape index (κ2) is 7.21. The van der Waals surface area contributed by atoms with Crippen LogP contribution in [0.5, 0.6) is 5.75 Å². The molecule has 0 saturated carbocycles. The monoisotopic (exact) mass is 336 g/mol. The van der Waals surface area contributed by atoms with E-state index in [2.05, 4.69) is 10.3 Å². The number of hydrogen-bond acceptors (Lipinski definition) is 3. The van der Waals surface area contributed by atoms with Gasteiger partial charge in [-0.2, -0.15) is 0 Å². The van der Waals surface area contributed by atoms with Crippen molar-refractivity contribution in [2.45, 2.75) is 26.5 Å². The van der Waals surface area contributed by atoms with Crippen LogP contribution in [0.2, 0.25) is 0 Å². The van der Waals surface area contributed by atoms with E-state index >= 15 is 0 Å². The molecule has 0 bridgehead atoms. The molecule has 0 atom stereocenters. The van der Waals surface area contributed by atoms with E-state index in [0.717, 1.165) is 16.7 Å². The van der Waals surface area contributed by atoms with Crippen LogP contribution in [-0.2, 0) is 6.54 Å². The lowest BCUT2D eigenvalue weighted by molar-refractivity contribution is 0.0945. The molecule has 0 spiro atoms. The van der Waals surface area contributed by atoms with Gasteiger partial charge in [0.25, 0.3) is 11.5 Å². The quantitative estimate of drug-likeness (QED) is 0.751. The van der Waals surface area contributed by atoms with Crippen molar-refractivity contribution >= 4 is 16.7 Å². The van der Waals surface area contributed by atoms with Crippen LogP contribution in [0, 0.1) is 0 Å². The van der Waals surface area contributed by atoms with Crippen LogP contribution in [0.3, 0.4) is 0 Å². The van der Waals surface area contributed by atoms with E-state index in [9.17, 15) is 9.59 Å². The maximum absolute atomic E-state index is 12.4. The van der Waals surface area contributed by atoms with Crippen LogP contribution in [0.15, 0.2) is 59.4 Å². The summed E-state index contributed by atoms with van der Waals surface area (Å²) in [5, 5.41) is 4.13. The van der Waals surface area contributed by atoms with Crippen molar-refractivity contribution in [2.75, 3.05) is 0 Å². The van der Waals surface area contributed by atoms with Gasteiger partial charge in [0, 0.05) is 11.9 Å². The number of pyridine rings is 1. The van der Waals surface area contributed by atoms with Crippen molar-refractivity contribution in [3.63, 3.8) is 0 Å². The average molecular weight is 336 g/mol. The van der Waals surface area contributed by atoms with Gasteiger partial charge in [0.1, 0.15) is 11.4 Å². The fourth-order valence-corrected chi connectivity index (χ4v) is 2.61. The lowest BCUT2D eigenvalue weighted by Crippen LogP contribution is -2.26. The number of H-pyrrole nitrogens is 1. The van der Waals surface area contributed by atoms with Crippen molar-refractivity contribution in [3.8, 4) is 5.75 Å². The second-order valence-corrected chi connectivity index (χ2v) is 6.10. The highest BCUT2D eigenvalue weighted by molar-refractivity contribution is 5.96. The van der Waals surface area contributed by atoms with Crippen LogP contribution in [0.4, 0.5) is 0 Å². The number of amides is 1. The van der Waals surface area contributed by atoms with E-state index in [1.807, 2.05) is 50.2 Å². The normalized spacial score (nSPS) is 10.8. The predicted molar refractivity (Wildman–Crippen MR) is 97.9 cm³/mol. The Morgan fingerprint density at radius 2 is 1.92 bits per heavy atom. The summed E-state index contributed by atoms with van der Waals surface area (Å²) in [6.07, 6.45) is 0.0903. The first-order valence-corrected chi connectivity index (χ1v) is 8.19. The molecule has 0 fully saturated rings. The number of aromatic nitrogens is 1. The topological polar surface area (TPSA) is 71.2 Å². The number of carbonyl (C=O) groups is 1. The molecule has 1 amide bonds. The Bertz CT molecular complexity index is 960. The van der Waals surface area contributed by atoms with Gasteiger partial charge in [-0.3, -0.25) is 9.59 Å². The summed E-state index contributed by atoms with van der Waals surface area (Å²) in [6, 6.07) is 16.4. The van der Waals surface area contributed by atoms with Crippen molar-refractivity contribution in [1.29, 1.82) is 0 Å². The van der Waals surface area contributed by atoms with Gasteiger partial charge in [0.15, 0.2) is 0 Å². The summed E-state index contributed by atoms with van der Waals surface area (Å²) < 4.78 is 5.65. The Morgan fingerprint density at radius 3 is 2.72 bits per heavy atom. The second-order valence-electron chi connectivity index (χ2n) is 6.10. The van der Waals surface area contributed by atoms with Gasteiger partial charge in [-0.05, 0) is 49.1 Å². The first kappa shape index (κ1) is 16.8. The molecule has 5 heteroatoms. The van der Waals surface area contributed by atoms with Crippen LogP contribution in [-0.4, -0.2) is 17.0 Å². The molecule has 0 aliphatic carbocycles. The minimum Gasteiger partial charge on any atom is -0.491 e. The van der Waals surface area contributed by atoms with Crippen LogP contribution in [0.25, 0.3) is 10.8 Å². The molecule has 0 saturated heterocycles. The highest BCUT2D eigenvalue weighted by atomic mass is 16.5. The molecule has 128 valence electrons. The van der Waals surface area contributed by atoms with Gasteiger partial charge in [-0.25, -0.2) is 0 Å². The number of benzene rings is 2. The highest BCUT2D eigenvalue weighted by Gasteiger charge is 2.09. The SMILES string of the molecule is CC(C)Oc1cccc(CNC(=O)c2cc3ccccc3c(=O)[nH]2)c1. The largest absolute Gasteiger partial charge is 0.491 e. The lowest BCUT2D eigenvalue weighted by atomic mass is 10.1. The van der Waals surface area contributed by atoms with E-state index in [1.54, 1.807) is 18.2 Å². The number of fused-ring (bicyclic) bond motifs is 1. The zero-order valence-electron chi connectivity index (χ0n) is 14.2. The van der Waals surface area contributed by atoms with Crippen molar-refractivity contribution in [1.82, 2.24) is 10.3 Å². The Kier molecular flexibility index (Phi) is 4.84. The molecule has 1 heterocycles. The number of carbonyl (C=O) groups excluding carboxylic acids is 1. The van der Waals surface area contributed by atoms with E-state index in [4.69, 9.17) is 4.74 Å². The first-order chi connectivity index (χ1) is 12.0. The fourth-order valence-electron chi connectivity index (χ4n) is 2.61. The fraction of sp³-hybridized carbons (Fsp3) is 0.200. The third kappa shape index (κ3) is 4.07. The Morgan fingerprint density at radius 1 is 1.12 bits per heavy atom. The maximum atomic E-state index is 12.4. The summed E-state index contributed by atoms with van der Waals surface area (Å²) in [5.41, 5.74) is 0.906. The molecule has 3 aromatic rings. The van der Waals surface area contributed by atoms with E-state index in [-0.39, 0.29) is 23.3 Å².